The fourth-order valence-electron chi connectivity index (χ4n) is 2.37. The molecule has 2 unspecified atom stereocenters. The van der Waals surface area contributed by atoms with Crippen molar-refractivity contribution < 1.29 is 9.47 Å². The van der Waals surface area contributed by atoms with Crippen molar-refractivity contribution in [3.05, 3.63) is 0 Å². The zero-order valence-corrected chi connectivity index (χ0v) is 8.85. The Balaban J connectivity index is 2.06. The first kappa shape index (κ1) is 9.75. The van der Waals surface area contributed by atoms with Gasteiger partial charge in [0, 0.05) is 25.0 Å². The molecule has 0 spiro atoms. The highest BCUT2D eigenvalue weighted by atomic mass is 35.5. The minimum absolute atomic E-state index is 0.109. The molecular formula is C10H17ClO2. The van der Waals surface area contributed by atoms with Crippen molar-refractivity contribution in [2.75, 3.05) is 26.2 Å². The first-order valence-corrected chi connectivity index (χ1v) is 5.52. The van der Waals surface area contributed by atoms with Crippen molar-refractivity contribution in [1.29, 1.82) is 0 Å². The summed E-state index contributed by atoms with van der Waals surface area (Å²) in [4.78, 5) is 0. The zero-order chi connectivity index (χ0) is 9.31. The van der Waals surface area contributed by atoms with Gasteiger partial charge < -0.3 is 9.47 Å². The second-order valence-electron chi connectivity index (χ2n) is 4.31. The van der Waals surface area contributed by atoms with E-state index in [1.807, 2.05) is 0 Å². The summed E-state index contributed by atoms with van der Waals surface area (Å²) < 4.78 is 11.0. The minimum Gasteiger partial charge on any atom is -0.384 e. The minimum atomic E-state index is 0.109. The van der Waals surface area contributed by atoms with E-state index in [4.69, 9.17) is 21.1 Å². The van der Waals surface area contributed by atoms with Crippen LogP contribution in [0.25, 0.3) is 0 Å². The first-order valence-electron chi connectivity index (χ1n) is 4.99. The SMILES string of the molecule is COCC1(CCl)CCOC1C1CC1. The number of hydrogen-bond acceptors (Lipinski definition) is 2. The van der Waals surface area contributed by atoms with E-state index in [2.05, 4.69) is 0 Å². The monoisotopic (exact) mass is 204 g/mol. The van der Waals surface area contributed by atoms with E-state index in [0.29, 0.717) is 12.0 Å². The molecule has 0 radical (unpaired) electrons. The van der Waals surface area contributed by atoms with Crippen LogP contribution in [0.2, 0.25) is 0 Å². The lowest BCUT2D eigenvalue weighted by Crippen LogP contribution is -2.38. The molecule has 13 heavy (non-hydrogen) atoms. The van der Waals surface area contributed by atoms with Crippen molar-refractivity contribution in [3.63, 3.8) is 0 Å². The Kier molecular flexibility index (Phi) is 2.82. The highest BCUT2D eigenvalue weighted by Crippen LogP contribution is 2.48. The summed E-state index contributed by atoms with van der Waals surface area (Å²) in [6.45, 7) is 1.61. The van der Waals surface area contributed by atoms with E-state index < -0.39 is 0 Å². The summed E-state index contributed by atoms with van der Waals surface area (Å²) in [5.74, 6) is 1.43. The Morgan fingerprint density at radius 2 is 2.31 bits per heavy atom. The normalized spacial score (nSPS) is 39.7. The molecule has 76 valence electrons. The van der Waals surface area contributed by atoms with E-state index in [-0.39, 0.29) is 5.41 Å². The van der Waals surface area contributed by atoms with Gasteiger partial charge >= 0.3 is 0 Å². The molecule has 0 aromatic carbocycles. The largest absolute Gasteiger partial charge is 0.384 e. The average Bonchev–Trinajstić information content (AvgIpc) is 2.90. The lowest BCUT2D eigenvalue weighted by molar-refractivity contribution is -0.000414. The van der Waals surface area contributed by atoms with Crippen molar-refractivity contribution in [3.8, 4) is 0 Å². The standard InChI is InChI=1S/C10H17ClO2/c1-12-7-10(6-11)4-5-13-9(10)8-2-3-8/h8-9H,2-7H2,1H3. The van der Waals surface area contributed by atoms with Gasteiger partial charge in [-0.2, -0.15) is 0 Å². The maximum Gasteiger partial charge on any atom is 0.0693 e. The number of ether oxygens (including phenoxy) is 2. The van der Waals surface area contributed by atoms with Gasteiger partial charge in [-0.05, 0) is 25.2 Å². The summed E-state index contributed by atoms with van der Waals surface area (Å²) in [6.07, 6.45) is 4.05. The van der Waals surface area contributed by atoms with Crippen molar-refractivity contribution in [1.82, 2.24) is 0 Å². The van der Waals surface area contributed by atoms with Gasteiger partial charge in [0.25, 0.3) is 0 Å². The van der Waals surface area contributed by atoms with Gasteiger partial charge in [-0.1, -0.05) is 0 Å². The van der Waals surface area contributed by atoms with Crippen LogP contribution in [0.5, 0.6) is 0 Å². The van der Waals surface area contributed by atoms with Crippen LogP contribution in [0.4, 0.5) is 0 Å². The van der Waals surface area contributed by atoms with Crippen LogP contribution in [-0.2, 0) is 9.47 Å². The van der Waals surface area contributed by atoms with Gasteiger partial charge in [-0.3, -0.25) is 0 Å². The highest BCUT2D eigenvalue weighted by molar-refractivity contribution is 6.18. The van der Waals surface area contributed by atoms with Crippen molar-refractivity contribution in [2.24, 2.45) is 11.3 Å². The molecule has 2 atom stereocenters. The molecule has 0 aromatic heterocycles. The van der Waals surface area contributed by atoms with Crippen molar-refractivity contribution >= 4 is 11.6 Å². The summed E-state index contributed by atoms with van der Waals surface area (Å²) in [5, 5.41) is 0. The predicted octanol–water partition coefficient (Wildman–Crippen LogP) is 2.06. The molecule has 1 saturated heterocycles. The third kappa shape index (κ3) is 1.72. The lowest BCUT2D eigenvalue weighted by Gasteiger charge is -2.31. The Labute approximate surface area is 84.5 Å². The van der Waals surface area contributed by atoms with E-state index in [9.17, 15) is 0 Å². The molecule has 1 aliphatic carbocycles. The second kappa shape index (κ2) is 3.76. The van der Waals surface area contributed by atoms with Crippen LogP contribution in [0.15, 0.2) is 0 Å². The third-order valence-corrected chi connectivity index (χ3v) is 3.78. The van der Waals surface area contributed by atoms with Gasteiger partial charge in [0.1, 0.15) is 0 Å². The van der Waals surface area contributed by atoms with Crippen LogP contribution in [-0.4, -0.2) is 32.3 Å². The zero-order valence-electron chi connectivity index (χ0n) is 8.09. The Morgan fingerprint density at radius 1 is 1.54 bits per heavy atom. The fourth-order valence-corrected chi connectivity index (χ4v) is 2.73. The highest BCUT2D eigenvalue weighted by Gasteiger charge is 2.50. The van der Waals surface area contributed by atoms with E-state index >= 15 is 0 Å². The van der Waals surface area contributed by atoms with E-state index in [0.717, 1.165) is 25.6 Å². The van der Waals surface area contributed by atoms with Crippen LogP contribution >= 0.6 is 11.6 Å². The molecule has 2 rings (SSSR count). The predicted molar refractivity (Wildman–Crippen MR) is 52.1 cm³/mol. The molecule has 1 saturated carbocycles. The molecule has 2 fully saturated rings. The molecule has 2 aliphatic rings. The van der Waals surface area contributed by atoms with Crippen LogP contribution in [0.3, 0.4) is 0 Å². The molecule has 0 N–H and O–H groups in total. The van der Waals surface area contributed by atoms with E-state index in [1.165, 1.54) is 12.8 Å². The van der Waals surface area contributed by atoms with Crippen LogP contribution in [0.1, 0.15) is 19.3 Å². The average molecular weight is 205 g/mol. The van der Waals surface area contributed by atoms with Gasteiger partial charge in [0.05, 0.1) is 12.7 Å². The summed E-state index contributed by atoms with van der Waals surface area (Å²) in [5.41, 5.74) is 0.109. The summed E-state index contributed by atoms with van der Waals surface area (Å²) in [7, 11) is 1.75. The molecule has 0 aromatic rings. The third-order valence-electron chi connectivity index (χ3n) is 3.25. The number of halogens is 1. The molecule has 0 bridgehead atoms. The Bertz CT molecular complexity index is 182. The number of hydrogen-bond donors (Lipinski definition) is 0. The summed E-state index contributed by atoms with van der Waals surface area (Å²) in [6, 6.07) is 0. The maximum atomic E-state index is 6.05. The topological polar surface area (TPSA) is 18.5 Å². The van der Waals surface area contributed by atoms with Gasteiger partial charge in [0.2, 0.25) is 0 Å². The smallest absolute Gasteiger partial charge is 0.0693 e. The first-order chi connectivity index (χ1) is 6.32. The van der Waals surface area contributed by atoms with E-state index in [1.54, 1.807) is 7.11 Å². The molecule has 0 amide bonds. The quantitative estimate of drug-likeness (QED) is 0.653. The van der Waals surface area contributed by atoms with Crippen LogP contribution in [0, 0.1) is 11.3 Å². The van der Waals surface area contributed by atoms with Gasteiger partial charge in [-0.15, -0.1) is 11.6 Å². The number of rotatable bonds is 4. The maximum absolute atomic E-state index is 6.05. The Hall–Kier alpha value is 0.210. The van der Waals surface area contributed by atoms with Crippen molar-refractivity contribution in [2.45, 2.75) is 25.4 Å². The molecule has 1 aliphatic heterocycles. The fraction of sp³-hybridized carbons (Fsp3) is 1.00. The molecule has 2 nitrogen and oxygen atoms in total. The lowest BCUT2D eigenvalue weighted by atomic mass is 9.81. The molecule has 1 heterocycles. The van der Waals surface area contributed by atoms with Gasteiger partial charge in [0.15, 0.2) is 0 Å². The molecule has 3 heteroatoms. The second-order valence-corrected chi connectivity index (χ2v) is 4.58. The Morgan fingerprint density at radius 3 is 2.85 bits per heavy atom. The van der Waals surface area contributed by atoms with Crippen LogP contribution < -0.4 is 0 Å². The van der Waals surface area contributed by atoms with Gasteiger partial charge in [-0.25, -0.2) is 0 Å². The summed E-state index contributed by atoms with van der Waals surface area (Å²) >= 11 is 6.05. The molecular weight excluding hydrogens is 188 g/mol. The number of alkyl halides is 1. The number of methoxy groups -OCH3 is 1.